The van der Waals surface area contributed by atoms with Crippen LogP contribution in [0.2, 0.25) is 0 Å². The zero-order chi connectivity index (χ0) is 52.6. The smallest absolute Gasteiger partial charge is 0.252 e. The van der Waals surface area contributed by atoms with Crippen molar-refractivity contribution in [1.82, 2.24) is 4.57 Å². The Balaban J connectivity index is 1.22. The minimum atomic E-state index is -0.156. The van der Waals surface area contributed by atoms with Crippen LogP contribution in [0, 0.1) is 6.92 Å². The predicted molar refractivity (Wildman–Crippen MR) is 319 cm³/mol. The molecule has 0 atom stereocenters. The van der Waals surface area contributed by atoms with Gasteiger partial charge in [-0.2, -0.15) is 0 Å². The summed E-state index contributed by atoms with van der Waals surface area (Å²) in [5, 5.41) is 3.63. The largest absolute Gasteiger partial charge is 0.439 e. The van der Waals surface area contributed by atoms with Gasteiger partial charge in [0.05, 0.1) is 10.9 Å². The predicted octanol–water partition coefficient (Wildman–Crippen LogP) is 17.5. The van der Waals surface area contributed by atoms with Crippen molar-refractivity contribution in [2.75, 3.05) is 9.80 Å². The molecule has 4 heterocycles. The van der Waals surface area contributed by atoms with Gasteiger partial charge in [-0.15, -0.1) is 0 Å². The fourth-order valence-corrected chi connectivity index (χ4v) is 12.9. The molecule has 1 aliphatic carbocycles. The molecular weight excluding hydrogens is 898 g/mol. The minimum Gasteiger partial charge on any atom is -0.439 e. The minimum absolute atomic E-state index is 0.0180. The number of rotatable bonds is 4. The topological polar surface area (TPSA) is 24.6 Å². The molecule has 2 aliphatic heterocycles. The Morgan fingerprint density at radius 3 is 1.59 bits per heavy atom. The molecule has 0 amide bonds. The molecule has 12 rings (SSSR count). The van der Waals surface area contributed by atoms with Gasteiger partial charge in [0.25, 0.3) is 6.71 Å². The van der Waals surface area contributed by atoms with Crippen LogP contribution in [0.3, 0.4) is 0 Å². The van der Waals surface area contributed by atoms with Gasteiger partial charge >= 0.3 is 0 Å². The maximum absolute atomic E-state index is 7.11. The van der Waals surface area contributed by atoms with Crippen molar-refractivity contribution >= 4 is 90.2 Å². The molecular formula is C69H76BN3O. The summed E-state index contributed by atoms with van der Waals surface area (Å²) in [6.45, 7) is 40.2. The second kappa shape index (κ2) is 15.8. The monoisotopic (exact) mass is 974 g/mol. The number of nitrogens with zero attached hydrogens (tertiary/aromatic N) is 3. The summed E-state index contributed by atoms with van der Waals surface area (Å²) in [6.07, 6.45) is 2.32. The first kappa shape index (κ1) is 48.5. The number of anilines is 6. The van der Waals surface area contributed by atoms with Gasteiger partial charge in [0, 0.05) is 50.6 Å². The summed E-state index contributed by atoms with van der Waals surface area (Å²) in [5.41, 5.74) is 24.8. The second-order valence-corrected chi connectivity index (χ2v) is 27.9. The van der Waals surface area contributed by atoms with Crippen LogP contribution in [-0.4, -0.2) is 11.3 Å². The average molecular weight is 974 g/mol. The van der Waals surface area contributed by atoms with Gasteiger partial charge in [0.1, 0.15) is 5.58 Å². The van der Waals surface area contributed by atoms with E-state index >= 15 is 0 Å². The summed E-state index contributed by atoms with van der Waals surface area (Å²) in [6, 6.07) is 49.9. The lowest BCUT2D eigenvalue weighted by atomic mass is 9.33. The Bertz CT molecular complexity index is 3720. The zero-order valence-electron chi connectivity index (χ0n) is 47.4. The molecule has 0 saturated heterocycles. The van der Waals surface area contributed by atoms with Crippen molar-refractivity contribution in [3.8, 4) is 5.69 Å². The van der Waals surface area contributed by atoms with Crippen LogP contribution in [0.25, 0.3) is 38.7 Å². The molecule has 7 aromatic carbocycles. The van der Waals surface area contributed by atoms with Gasteiger partial charge in [-0.1, -0.05) is 171 Å². The van der Waals surface area contributed by atoms with Gasteiger partial charge in [0.2, 0.25) is 5.71 Å². The number of hydrogen-bond acceptors (Lipinski definition) is 3. The number of fused-ring (bicyclic) bond motifs is 10. The van der Waals surface area contributed by atoms with E-state index in [0.29, 0.717) is 0 Å². The lowest BCUT2D eigenvalue weighted by Crippen LogP contribution is -2.60. The Hall–Kier alpha value is -6.46. The maximum atomic E-state index is 7.11. The van der Waals surface area contributed by atoms with Crippen molar-refractivity contribution in [2.24, 2.45) is 0 Å². The van der Waals surface area contributed by atoms with Gasteiger partial charge in [0.15, 0.2) is 0 Å². The molecule has 5 heteroatoms. The highest BCUT2D eigenvalue weighted by atomic mass is 16.3. The molecule has 0 fully saturated rings. The number of aromatic nitrogens is 1. The first-order chi connectivity index (χ1) is 34.6. The molecule has 0 saturated carbocycles. The van der Waals surface area contributed by atoms with Crippen molar-refractivity contribution in [2.45, 2.75) is 163 Å². The Morgan fingerprint density at radius 1 is 0.486 bits per heavy atom. The van der Waals surface area contributed by atoms with Crippen LogP contribution in [0.5, 0.6) is 0 Å². The van der Waals surface area contributed by atoms with E-state index in [0.717, 1.165) is 34.8 Å². The lowest BCUT2D eigenvalue weighted by molar-refractivity contribution is 0.332. The van der Waals surface area contributed by atoms with Crippen LogP contribution in [0.4, 0.5) is 34.1 Å². The van der Waals surface area contributed by atoms with E-state index in [9.17, 15) is 0 Å². The van der Waals surface area contributed by atoms with E-state index in [1.165, 1.54) is 106 Å². The third-order valence-electron chi connectivity index (χ3n) is 17.6. The van der Waals surface area contributed by atoms with Crippen molar-refractivity contribution in [3.63, 3.8) is 0 Å². The van der Waals surface area contributed by atoms with Crippen molar-refractivity contribution in [1.29, 1.82) is 0 Å². The summed E-state index contributed by atoms with van der Waals surface area (Å²) < 4.78 is 9.63. The van der Waals surface area contributed by atoms with E-state index in [2.05, 4.69) is 259 Å². The number of benzene rings is 7. The highest BCUT2D eigenvalue weighted by Crippen LogP contribution is 2.52. The lowest BCUT2D eigenvalue weighted by Gasteiger charge is -2.45. The number of aryl methyl sites for hydroxylation is 1. The highest BCUT2D eigenvalue weighted by molar-refractivity contribution is 7.00. The quantitative estimate of drug-likeness (QED) is 0.164. The van der Waals surface area contributed by atoms with Crippen LogP contribution in [0.1, 0.15) is 163 Å². The first-order valence-electron chi connectivity index (χ1n) is 27.4. The molecule has 0 unspecified atom stereocenters. The summed E-state index contributed by atoms with van der Waals surface area (Å²) >= 11 is 0. The van der Waals surface area contributed by atoms with Gasteiger partial charge in [-0.05, 0) is 174 Å². The van der Waals surface area contributed by atoms with Crippen molar-refractivity contribution in [3.05, 3.63) is 166 Å². The average Bonchev–Trinajstić information content (AvgIpc) is 3.93. The number of para-hydroxylation sites is 1. The SMILES string of the molecule is Cc1cc2c(cc1N1c3cc(N(c4ccc(C(C)(C)C)cc4)c4ccc(C(C)(C)C)cc4)ccc3B3c4c1cc(C(C)(C)C)cc4-n1c4oc5ccccc5c4c4cc(C(C)(C)C)cc3c41)C(C)(C)CCC2(C)C. The highest BCUT2D eigenvalue weighted by Gasteiger charge is 2.46. The van der Waals surface area contributed by atoms with E-state index in [-0.39, 0.29) is 39.2 Å². The van der Waals surface area contributed by atoms with Gasteiger partial charge in [-0.25, -0.2) is 0 Å². The number of hydrogen-bond donors (Lipinski definition) is 0. The van der Waals surface area contributed by atoms with Crippen LogP contribution >= 0.6 is 0 Å². The molecule has 0 spiro atoms. The molecule has 74 heavy (non-hydrogen) atoms. The normalized spacial score (nSPS) is 16.0. The molecule has 0 bridgehead atoms. The Morgan fingerprint density at radius 2 is 1.01 bits per heavy atom. The second-order valence-electron chi connectivity index (χ2n) is 27.9. The standard InChI is InChI=1S/C69H76BN3O/c1-41-34-51-52(69(16,17)33-32-68(51,14)15)40-55(41)72-56-39-48(71(46-26-22-42(23-27-46)64(2,3)4)47-28-24-43(25-29-47)65(5,6)7)30-31-53(56)70-54-36-44(66(8,9)10)35-50-60-49-20-18-19-21-59(49)74-63(60)73(62(50)54)58-38-45(67(11,12)13)37-57(72)61(58)70/h18-31,34-40H,32-33H2,1-17H3. The van der Waals surface area contributed by atoms with Gasteiger partial charge in [-0.3, -0.25) is 4.57 Å². The Kier molecular flexibility index (Phi) is 10.3. The fourth-order valence-electron chi connectivity index (χ4n) is 12.9. The molecule has 0 radical (unpaired) electrons. The maximum Gasteiger partial charge on any atom is 0.252 e. The fraction of sp³-hybridized carbons (Fsp3) is 0.362. The summed E-state index contributed by atoms with van der Waals surface area (Å²) in [5.74, 6) is 0. The van der Waals surface area contributed by atoms with Crippen molar-refractivity contribution < 1.29 is 4.42 Å². The molecule has 4 nitrogen and oxygen atoms in total. The zero-order valence-corrected chi connectivity index (χ0v) is 47.4. The Labute approximate surface area is 441 Å². The van der Waals surface area contributed by atoms with Crippen LogP contribution in [0.15, 0.2) is 132 Å². The molecule has 0 N–H and O–H groups in total. The first-order valence-corrected chi connectivity index (χ1v) is 27.4. The van der Waals surface area contributed by atoms with E-state index in [1.54, 1.807) is 0 Å². The van der Waals surface area contributed by atoms with Crippen LogP contribution < -0.4 is 26.2 Å². The molecule has 376 valence electrons. The van der Waals surface area contributed by atoms with Crippen LogP contribution in [-0.2, 0) is 32.5 Å². The summed E-state index contributed by atoms with van der Waals surface area (Å²) in [4.78, 5) is 5.18. The summed E-state index contributed by atoms with van der Waals surface area (Å²) in [7, 11) is 0. The van der Waals surface area contributed by atoms with Gasteiger partial charge < -0.3 is 14.2 Å². The third-order valence-corrected chi connectivity index (χ3v) is 17.6. The van der Waals surface area contributed by atoms with E-state index in [1.807, 2.05) is 0 Å². The third kappa shape index (κ3) is 7.37. The number of furan rings is 1. The van der Waals surface area contributed by atoms with E-state index in [4.69, 9.17) is 4.42 Å². The molecule has 3 aliphatic rings. The van der Waals surface area contributed by atoms with E-state index < -0.39 is 0 Å². The molecule has 9 aromatic rings. The molecule has 2 aromatic heterocycles.